The molecule has 0 aliphatic carbocycles. The molecular formula is C14H19ClFNO. The van der Waals surface area contributed by atoms with Crippen LogP contribution in [0.3, 0.4) is 0 Å². The van der Waals surface area contributed by atoms with Gasteiger partial charge in [-0.3, -0.25) is 0 Å². The third-order valence-electron chi connectivity index (χ3n) is 2.42. The van der Waals surface area contributed by atoms with Crippen molar-refractivity contribution >= 4 is 11.6 Å². The highest BCUT2D eigenvalue weighted by atomic mass is 35.5. The summed E-state index contributed by atoms with van der Waals surface area (Å²) in [5.41, 5.74) is 3.12. The van der Waals surface area contributed by atoms with E-state index in [1.165, 1.54) is 11.6 Å². The van der Waals surface area contributed by atoms with Crippen molar-refractivity contribution in [2.75, 3.05) is 13.2 Å². The molecule has 0 aliphatic heterocycles. The summed E-state index contributed by atoms with van der Waals surface area (Å²) in [4.78, 5) is 0. The first-order valence-corrected chi connectivity index (χ1v) is 6.49. The maximum Gasteiger partial charge on any atom is 0.165 e. The number of ether oxygens (including phenoxy) is 1. The van der Waals surface area contributed by atoms with E-state index < -0.39 is 0 Å². The van der Waals surface area contributed by atoms with Gasteiger partial charge < -0.3 is 10.1 Å². The summed E-state index contributed by atoms with van der Waals surface area (Å²) in [5, 5.41) is 3.23. The Hall–Kier alpha value is -1.06. The molecule has 0 aliphatic rings. The van der Waals surface area contributed by atoms with E-state index >= 15 is 0 Å². The van der Waals surface area contributed by atoms with E-state index in [1.807, 2.05) is 13.0 Å². The van der Waals surface area contributed by atoms with Crippen LogP contribution in [0.5, 0.6) is 5.75 Å². The quantitative estimate of drug-likeness (QED) is 0.761. The van der Waals surface area contributed by atoms with Crippen LogP contribution in [-0.4, -0.2) is 13.2 Å². The van der Waals surface area contributed by atoms with Crippen LogP contribution in [-0.2, 0) is 6.54 Å². The average molecular weight is 272 g/mol. The second-order valence-corrected chi connectivity index (χ2v) is 4.37. The van der Waals surface area contributed by atoms with Crippen molar-refractivity contribution < 1.29 is 9.13 Å². The average Bonchev–Trinajstić information content (AvgIpc) is 2.38. The summed E-state index contributed by atoms with van der Waals surface area (Å²) in [6.45, 7) is 5.72. The van der Waals surface area contributed by atoms with Gasteiger partial charge in [-0.2, -0.15) is 0 Å². The molecule has 0 spiro atoms. The molecular weight excluding hydrogens is 253 g/mol. The minimum Gasteiger partial charge on any atom is -0.486 e. The molecule has 0 bridgehead atoms. The molecule has 18 heavy (non-hydrogen) atoms. The molecule has 1 rings (SSSR count). The van der Waals surface area contributed by atoms with E-state index in [2.05, 4.69) is 12.2 Å². The maximum absolute atomic E-state index is 13.7. The van der Waals surface area contributed by atoms with Crippen LogP contribution < -0.4 is 10.1 Å². The molecule has 4 heteroatoms. The van der Waals surface area contributed by atoms with E-state index in [9.17, 15) is 4.39 Å². The number of nitrogens with one attached hydrogen (secondary N) is 1. The third kappa shape index (κ3) is 4.67. The van der Waals surface area contributed by atoms with Gasteiger partial charge in [0.05, 0.1) is 0 Å². The second kappa shape index (κ2) is 8.11. The lowest BCUT2D eigenvalue weighted by atomic mass is 10.2. The van der Waals surface area contributed by atoms with Gasteiger partial charge in [-0.15, -0.1) is 0 Å². The number of para-hydroxylation sites is 1. The Morgan fingerprint density at radius 2 is 2.28 bits per heavy atom. The Bertz CT molecular complexity index is 407. The van der Waals surface area contributed by atoms with Gasteiger partial charge in [-0.1, -0.05) is 30.7 Å². The van der Waals surface area contributed by atoms with E-state index in [-0.39, 0.29) is 5.82 Å². The van der Waals surface area contributed by atoms with Gasteiger partial charge in [-0.05, 0) is 31.5 Å². The smallest absolute Gasteiger partial charge is 0.165 e. The highest BCUT2D eigenvalue weighted by Crippen LogP contribution is 2.23. The van der Waals surface area contributed by atoms with Gasteiger partial charge in [0, 0.05) is 17.6 Å². The maximum atomic E-state index is 13.7. The normalized spacial score (nSPS) is 11.7. The van der Waals surface area contributed by atoms with Crippen molar-refractivity contribution in [2.45, 2.75) is 26.8 Å². The SMILES string of the molecule is CCCNCc1cccc(F)c1OC/C(C)=C/Cl. The zero-order valence-corrected chi connectivity index (χ0v) is 11.6. The Morgan fingerprint density at radius 1 is 1.50 bits per heavy atom. The molecule has 0 saturated heterocycles. The van der Waals surface area contributed by atoms with Gasteiger partial charge in [0.25, 0.3) is 0 Å². The molecule has 0 radical (unpaired) electrons. The van der Waals surface area contributed by atoms with Crippen LogP contribution in [0, 0.1) is 5.82 Å². The van der Waals surface area contributed by atoms with Crippen molar-refractivity contribution in [1.29, 1.82) is 0 Å². The van der Waals surface area contributed by atoms with Crippen molar-refractivity contribution in [3.63, 3.8) is 0 Å². The van der Waals surface area contributed by atoms with Crippen molar-refractivity contribution in [2.24, 2.45) is 0 Å². The van der Waals surface area contributed by atoms with Gasteiger partial charge in [0.15, 0.2) is 11.6 Å². The predicted octanol–water partition coefficient (Wildman–Crippen LogP) is 3.85. The number of halogens is 2. The highest BCUT2D eigenvalue weighted by Gasteiger charge is 2.09. The first-order valence-electron chi connectivity index (χ1n) is 6.05. The van der Waals surface area contributed by atoms with Gasteiger partial charge >= 0.3 is 0 Å². The Balaban J connectivity index is 2.73. The van der Waals surface area contributed by atoms with Crippen LogP contribution in [0.15, 0.2) is 29.3 Å². The molecule has 0 heterocycles. The van der Waals surface area contributed by atoms with E-state index in [0.717, 1.165) is 24.1 Å². The first kappa shape index (κ1) is 15.0. The summed E-state index contributed by atoms with van der Waals surface area (Å²) in [6.07, 6.45) is 1.04. The van der Waals surface area contributed by atoms with Gasteiger partial charge in [0.1, 0.15) is 6.61 Å². The Labute approximate surface area is 113 Å². The molecule has 0 amide bonds. The molecule has 0 fully saturated rings. The van der Waals surface area contributed by atoms with E-state index in [0.29, 0.717) is 18.9 Å². The van der Waals surface area contributed by atoms with Crippen molar-refractivity contribution in [1.82, 2.24) is 5.32 Å². The summed E-state index contributed by atoms with van der Waals surface area (Å²) < 4.78 is 19.2. The molecule has 0 saturated carbocycles. The van der Waals surface area contributed by atoms with E-state index in [4.69, 9.17) is 16.3 Å². The Kier molecular flexibility index (Phi) is 6.76. The largest absolute Gasteiger partial charge is 0.486 e. The monoisotopic (exact) mass is 271 g/mol. The summed E-state index contributed by atoms with van der Waals surface area (Å²) in [5.74, 6) is -0.0351. The van der Waals surface area contributed by atoms with Crippen LogP contribution in [0.1, 0.15) is 25.8 Å². The molecule has 100 valence electrons. The summed E-state index contributed by atoms with van der Waals surface area (Å²) in [6, 6.07) is 4.95. The molecule has 1 aromatic carbocycles. The van der Waals surface area contributed by atoms with Crippen molar-refractivity contribution in [3.8, 4) is 5.75 Å². The molecule has 2 nitrogen and oxygen atoms in total. The summed E-state index contributed by atoms with van der Waals surface area (Å²) >= 11 is 5.55. The topological polar surface area (TPSA) is 21.3 Å². The molecule has 0 aromatic heterocycles. The molecule has 1 aromatic rings. The zero-order chi connectivity index (χ0) is 13.4. The number of rotatable bonds is 7. The Morgan fingerprint density at radius 3 is 2.94 bits per heavy atom. The second-order valence-electron chi connectivity index (χ2n) is 4.15. The fourth-order valence-electron chi connectivity index (χ4n) is 1.47. The van der Waals surface area contributed by atoms with Crippen LogP contribution in [0.25, 0.3) is 0 Å². The highest BCUT2D eigenvalue weighted by molar-refractivity contribution is 6.25. The molecule has 1 N–H and O–H groups in total. The number of hydrogen-bond donors (Lipinski definition) is 1. The standard InChI is InChI=1S/C14H19ClFNO/c1-3-7-17-9-12-5-4-6-13(16)14(12)18-10-11(2)8-15/h4-6,8,17H,3,7,9-10H2,1-2H3/b11-8+. The fraction of sp³-hybridized carbons (Fsp3) is 0.429. The zero-order valence-electron chi connectivity index (χ0n) is 10.8. The fourth-order valence-corrected chi connectivity index (χ4v) is 1.53. The molecule has 0 atom stereocenters. The number of benzene rings is 1. The van der Waals surface area contributed by atoms with Gasteiger partial charge in [-0.25, -0.2) is 4.39 Å². The van der Waals surface area contributed by atoms with Gasteiger partial charge in [0.2, 0.25) is 0 Å². The minimum absolute atomic E-state index is 0.297. The third-order valence-corrected chi connectivity index (χ3v) is 2.79. The lowest BCUT2D eigenvalue weighted by Crippen LogP contribution is -2.15. The lowest BCUT2D eigenvalue weighted by Gasteiger charge is -2.13. The van der Waals surface area contributed by atoms with Crippen LogP contribution >= 0.6 is 11.6 Å². The minimum atomic E-state index is -0.340. The lowest BCUT2D eigenvalue weighted by molar-refractivity contribution is 0.327. The first-order chi connectivity index (χ1) is 8.69. The molecule has 0 unspecified atom stereocenters. The van der Waals surface area contributed by atoms with Crippen LogP contribution in [0.4, 0.5) is 4.39 Å². The van der Waals surface area contributed by atoms with E-state index in [1.54, 1.807) is 6.07 Å². The number of hydrogen-bond acceptors (Lipinski definition) is 2. The predicted molar refractivity (Wildman–Crippen MR) is 73.5 cm³/mol. The summed E-state index contributed by atoms with van der Waals surface area (Å²) in [7, 11) is 0. The van der Waals surface area contributed by atoms with Crippen molar-refractivity contribution in [3.05, 3.63) is 40.7 Å². The van der Waals surface area contributed by atoms with Crippen LogP contribution in [0.2, 0.25) is 0 Å².